The average molecular weight is 503 g/mol. The monoisotopic (exact) mass is 502 g/mol. The van der Waals surface area contributed by atoms with Gasteiger partial charge in [-0.3, -0.25) is 14.6 Å². The topological polar surface area (TPSA) is 83.5 Å². The van der Waals surface area contributed by atoms with Crippen LogP contribution in [0.15, 0.2) is 58.4 Å². The summed E-state index contributed by atoms with van der Waals surface area (Å²) in [7, 11) is -3.68. The second-order valence-corrected chi connectivity index (χ2v) is 10.1. The smallest absolute Gasteiger partial charge is 0.261 e. The zero-order valence-corrected chi connectivity index (χ0v) is 21.7. The van der Waals surface area contributed by atoms with Crippen molar-refractivity contribution in [3.8, 4) is 5.75 Å². The van der Waals surface area contributed by atoms with Crippen molar-refractivity contribution >= 4 is 21.9 Å². The lowest BCUT2D eigenvalue weighted by Crippen LogP contribution is -2.37. The fraction of sp³-hybridized carbons (Fsp3) is 0.500. The van der Waals surface area contributed by atoms with E-state index in [9.17, 15) is 8.42 Å². The molecule has 1 heterocycles. The Morgan fingerprint density at radius 3 is 2.40 bits per heavy atom. The van der Waals surface area contributed by atoms with Crippen molar-refractivity contribution in [2.75, 3.05) is 70.4 Å². The normalized spacial score (nSPS) is 15.1. The predicted octanol–water partition coefficient (Wildman–Crippen LogP) is 3.35. The number of anilines is 1. The number of benzene rings is 2. The van der Waals surface area contributed by atoms with Crippen LogP contribution >= 0.6 is 0 Å². The van der Waals surface area contributed by atoms with Crippen LogP contribution in [0.25, 0.3) is 0 Å². The summed E-state index contributed by atoms with van der Waals surface area (Å²) in [6, 6.07) is 13.7. The van der Waals surface area contributed by atoms with Gasteiger partial charge in [0, 0.05) is 44.6 Å². The summed E-state index contributed by atoms with van der Waals surface area (Å²) in [6.45, 7) is 13.0. The molecule has 2 aromatic rings. The van der Waals surface area contributed by atoms with Gasteiger partial charge in [-0.15, -0.1) is 0 Å². The van der Waals surface area contributed by atoms with E-state index in [-0.39, 0.29) is 4.90 Å². The number of hydrogen-bond acceptors (Lipinski definition) is 7. The Kier molecular flexibility index (Phi) is 11.0. The SMILES string of the molecule is CCN(CC)CCOc1ccc(NS(=O)(=O)c2ccc(C=NCCCN3CCOCC3)cc2)cc1. The molecule has 0 atom stereocenters. The molecule has 0 unspecified atom stereocenters. The largest absolute Gasteiger partial charge is 0.492 e. The molecule has 3 rings (SSSR count). The Labute approximate surface area is 210 Å². The third-order valence-corrected chi connectivity index (χ3v) is 7.37. The van der Waals surface area contributed by atoms with E-state index in [0.717, 1.165) is 71.0 Å². The van der Waals surface area contributed by atoms with Crippen molar-refractivity contribution in [1.82, 2.24) is 9.80 Å². The van der Waals surface area contributed by atoms with Crippen LogP contribution in [0, 0.1) is 0 Å². The lowest BCUT2D eigenvalue weighted by atomic mass is 10.2. The van der Waals surface area contributed by atoms with Gasteiger partial charge < -0.3 is 14.4 Å². The van der Waals surface area contributed by atoms with Crippen LogP contribution in [0.5, 0.6) is 5.75 Å². The molecule has 1 saturated heterocycles. The maximum Gasteiger partial charge on any atom is 0.261 e. The third kappa shape index (κ3) is 9.25. The van der Waals surface area contributed by atoms with Crippen molar-refractivity contribution in [2.45, 2.75) is 25.2 Å². The Morgan fingerprint density at radius 2 is 1.74 bits per heavy atom. The van der Waals surface area contributed by atoms with Crippen molar-refractivity contribution in [3.63, 3.8) is 0 Å². The first-order valence-electron chi connectivity index (χ1n) is 12.4. The summed E-state index contributed by atoms with van der Waals surface area (Å²) in [5, 5.41) is 0. The zero-order chi connectivity index (χ0) is 24.9. The van der Waals surface area contributed by atoms with Crippen LogP contribution in [-0.2, 0) is 14.8 Å². The zero-order valence-electron chi connectivity index (χ0n) is 20.9. The number of morpholine rings is 1. The van der Waals surface area contributed by atoms with Gasteiger partial charge in [-0.05, 0) is 61.5 Å². The van der Waals surface area contributed by atoms with Crippen LogP contribution in [0.4, 0.5) is 5.69 Å². The molecule has 0 amide bonds. The Balaban J connectivity index is 1.45. The molecule has 192 valence electrons. The van der Waals surface area contributed by atoms with Gasteiger partial charge in [-0.1, -0.05) is 26.0 Å². The van der Waals surface area contributed by atoms with E-state index >= 15 is 0 Å². The molecule has 1 aliphatic heterocycles. The molecule has 1 aliphatic rings. The molecule has 8 nitrogen and oxygen atoms in total. The highest BCUT2D eigenvalue weighted by Gasteiger charge is 2.14. The number of hydrogen-bond donors (Lipinski definition) is 1. The van der Waals surface area contributed by atoms with E-state index in [0.29, 0.717) is 18.0 Å². The van der Waals surface area contributed by atoms with Crippen molar-refractivity contribution in [3.05, 3.63) is 54.1 Å². The molecule has 0 saturated carbocycles. The molecule has 0 aromatic heterocycles. The Hall–Kier alpha value is -2.46. The van der Waals surface area contributed by atoms with E-state index < -0.39 is 10.0 Å². The molecule has 0 spiro atoms. The molecule has 0 radical (unpaired) electrons. The standard InChI is InChI=1S/C26H38N4O4S/c1-3-29(4-2)18-21-34-25-10-8-24(9-11-25)28-35(31,32)26-12-6-23(7-13-26)22-27-14-5-15-30-16-19-33-20-17-30/h6-13,22,28H,3-5,14-21H2,1-2H3. The summed E-state index contributed by atoms with van der Waals surface area (Å²) in [4.78, 5) is 9.35. The highest BCUT2D eigenvalue weighted by molar-refractivity contribution is 7.92. The second kappa shape index (κ2) is 14.2. The number of sulfonamides is 1. The van der Waals surface area contributed by atoms with Crippen molar-refractivity contribution < 1.29 is 17.9 Å². The fourth-order valence-electron chi connectivity index (χ4n) is 3.78. The maximum absolute atomic E-state index is 12.8. The molecule has 35 heavy (non-hydrogen) atoms. The highest BCUT2D eigenvalue weighted by atomic mass is 32.2. The van der Waals surface area contributed by atoms with Gasteiger partial charge in [0.15, 0.2) is 0 Å². The van der Waals surface area contributed by atoms with Gasteiger partial charge in [0.25, 0.3) is 10.0 Å². The van der Waals surface area contributed by atoms with Crippen LogP contribution in [0.1, 0.15) is 25.8 Å². The highest BCUT2D eigenvalue weighted by Crippen LogP contribution is 2.20. The van der Waals surface area contributed by atoms with E-state index in [2.05, 4.69) is 33.4 Å². The van der Waals surface area contributed by atoms with Crippen LogP contribution in [0.2, 0.25) is 0 Å². The average Bonchev–Trinajstić information content (AvgIpc) is 2.88. The molecular formula is C26H38N4O4S. The third-order valence-electron chi connectivity index (χ3n) is 5.97. The summed E-state index contributed by atoms with van der Waals surface area (Å²) in [5.41, 5.74) is 1.37. The number of nitrogens with zero attached hydrogens (tertiary/aromatic N) is 3. The van der Waals surface area contributed by atoms with E-state index in [1.54, 1.807) is 54.7 Å². The van der Waals surface area contributed by atoms with Gasteiger partial charge in [0.1, 0.15) is 12.4 Å². The summed E-state index contributed by atoms with van der Waals surface area (Å²) in [6.07, 6.45) is 2.79. The summed E-state index contributed by atoms with van der Waals surface area (Å²) < 4.78 is 39.3. The van der Waals surface area contributed by atoms with Crippen molar-refractivity contribution in [2.24, 2.45) is 4.99 Å². The number of ether oxygens (including phenoxy) is 2. The predicted molar refractivity (Wildman–Crippen MR) is 141 cm³/mol. The Bertz CT molecular complexity index is 1000. The first-order valence-corrected chi connectivity index (χ1v) is 13.9. The fourth-order valence-corrected chi connectivity index (χ4v) is 4.84. The van der Waals surface area contributed by atoms with Crippen LogP contribution in [0.3, 0.4) is 0 Å². The lowest BCUT2D eigenvalue weighted by molar-refractivity contribution is 0.0377. The number of nitrogens with one attached hydrogen (secondary N) is 1. The quantitative estimate of drug-likeness (QED) is 0.315. The van der Waals surface area contributed by atoms with E-state index in [1.807, 2.05) is 0 Å². The molecule has 1 N–H and O–H groups in total. The summed E-state index contributed by atoms with van der Waals surface area (Å²) >= 11 is 0. The van der Waals surface area contributed by atoms with E-state index in [4.69, 9.17) is 9.47 Å². The van der Waals surface area contributed by atoms with Gasteiger partial charge in [0.2, 0.25) is 0 Å². The van der Waals surface area contributed by atoms with Crippen LogP contribution < -0.4 is 9.46 Å². The molecule has 1 fully saturated rings. The van der Waals surface area contributed by atoms with Gasteiger partial charge in [0.05, 0.1) is 18.1 Å². The summed E-state index contributed by atoms with van der Waals surface area (Å²) in [5.74, 6) is 0.716. The van der Waals surface area contributed by atoms with Gasteiger partial charge in [-0.2, -0.15) is 0 Å². The number of likely N-dealkylation sites (N-methyl/N-ethyl adjacent to an activating group) is 1. The minimum absolute atomic E-state index is 0.210. The lowest BCUT2D eigenvalue weighted by Gasteiger charge is -2.26. The number of rotatable bonds is 14. The minimum atomic E-state index is -3.68. The molecule has 2 aromatic carbocycles. The maximum atomic E-state index is 12.8. The molecule has 0 bridgehead atoms. The molecule has 9 heteroatoms. The molecular weight excluding hydrogens is 464 g/mol. The second-order valence-electron chi connectivity index (χ2n) is 8.42. The first-order chi connectivity index (χ1) is 17.0. The van der Waals surface area contributed by atoms with Crippen LogP contribution in [-0.4, -0.2) is 90.1 Å². The van der Waals surface area contributed by atoms with Crippen molar-refractivity contribution in [1.29, 1.82) is 0 Å². The minimum Gasteiger partial charge on any atom is -0.492 e. The number of aliphatic imine (C=N–C) groups is 1. The van der Waals surface area contributed by atoms with E-state index in [1.165, 1.54) is 0 Å². The first kappa shape index (κ1) is 27.1. The Morgan fingerprint density at radius 1 is 1.06 bits per heavy atom. The molecule has 0 aliphatic carbocycles. The van der Waals surface area contributed by atoms with Gasteiger partial charge >= 0.3 is 0 Å². The van der Waals surface area contributed by atoms with Gasteiger partial charge in [-0.25, -0.2) is 8.42 Å².